The normalized spacial score (nSPS) is 14.2. The zero-order valence-corrected chi connectivity index (χ0v) is 13.9. The van der Waals surface area contributed by atoms with Gasteiger partial charge < -0.3 is 5.32 Å². The van der Waals surface area contributed by atoms with Crippen molar-refractivity contribution in [2.75, 3.05) is 0 Å². The van der Waals surface area contributed by atoms with E-state index in [1.54, 1.807) is 0 Å². The van der Waals surface area contributed by atoms with E-state index < -0.39 is 0 Å². The largest absolute Gasteiger partial charge is 0.307 e. The van der Waals surface area contributed by atoms with Crippen LogP contribution >= 0.6 is 0 Å². The van der Waals surface area contributed by atoms with Crippen molar-refractivity contribution in [3.63, 3.8) is 0 Å². The molecule has 0 radical (unpaired) electrons. The number of hydrogen-bond acceptors (Lipinski definition) is 1. The molecule has 1 N–H and O–H groups in total. The van der Waals surface area contributed by atoms with Gasteiger partial charge >= 0.3 is 0 Å². The van der Waals surface area contributed by atoms with Gasteiger partial charge in [0.1, 0.15) is 0 Å². The molecule has 0 heterocycles. The van der Waals surface area contributed by atoms with E-state index in [-0.39, 0.29) is 0 Å². The lowest BCUT2D eigenvalue weighted by Gasteiger charge is -2.23. The van der Waals surface area contributed by atoms with Crippen LogP contribution in [0.5, 0.6) is 0 Å². The minimum Gasteiger partial charge on any atom is -0.307 e. The average molecular weight is 275 g/mol. The first-order valence-electron chi connectivity index (χ1n) is 8.56. The van der Waals surface area contributed by atoms with Crippen molar-refractivity contribution in [2.24, 2.45) is 0 Å². The molecular weight excluding hydrogens is 242 g/mol. The maximum atomic E-state index is 3.82. The van der Waals surface area contributed by atoms with Crippen molar-refractivity contribution in [3.05, 3.63) is 35.4 Å². The monoisotopic (exact) mass is 275 g/mol. The quantitative estimate of drug-likeness (QED) is 0.582. The summed E-state index contributed by atoms with van der Waals surface area (Å²) in [5.41, 5.74) is 2.88. The third-order valence-electron chi connectivity index (χ3n) is 4.05. The lowest BCUT2D eigenvalue weighted by Crippen LogP contribution is -2.31. The van der Waals surface area contributed by atoms with E-state index in [0.717, 1.165) is 0 Å². The summed E-state index contributed by atoms with van der Waals surface area (Å²) in [6.45, 7) is 9.09. The Balaban J connectivity index is 2.55. The van der Waals surface area contributed by atoms with Gasteiger partial charge in [0.25, 0.3) is 0 Å². The van der Waals surface area contributed by atoms with Crippen LogP contribution in [0.15, 0.2) is 24.3 Å². The summed E-state index contributed by atoms with van der Waals surface area (Å²) in [6, 6.07) is 10.3. The Kier molecular flexibility index (Phi) is 8.60. The van der Waals surface area contributed by atoms with Crippen LogP contribution in [0.1, 0.15) is 83.4 Å². The molecule has 20 heavy (non-hydrogen) atoms. The van der Waals surface area contributed by atoms with Gasteiger partial charge in [-0.3, -0.25) is 0 Å². The number of unbranched alkanes of at least 4 members (excludes halogenated alkanes) is 1. The highest BCUT2D eigenvalue weighted by molar-refractivity contribution is 5.24. The molecule has 0 fully saturated rings. The van der Waals surface area contributed by atoms with Crippen LogP contribution in [-0.2, 0) is 6.42 Å². The molecule has 114 valence electrons. The van der Waals surface area contributed by atoms with Gasteiger partial charge in [-0.15, -0.1) is 0 Å². The Morgan fingerprint density at radius 1 is 0.900 bits per heavy atom. The molecule has 0 saturated carbocycles. The molecule has 1 aromatic rings. The number of hydrogen-bond donors (Lipinski definition) is 1. The molecule has 0 bridgehead atoms. The third kappa shape index (κ3) is 6.09. The molecule has 1 heteroatoms. The lowest BCUT2D eigenvalue weighted by atomic mass is 10.0. The van der Waals surface area contributed by atoms with Crippen LogP contribution in [0, 0.1) is 0 Å². The lowest BCUT2D eigenvalue weighted by molar-refractivity contribution is 0.396. The van der Waals surface area contributed by atoms with Crippen molar-refractivity contribution in [3.8, 4) is 0 Å². The first-order chi connectivity index (χ1) is 9.71. The van der Waals surface area contributed by atoms with Gasteiger partial charge in [-0.1, -0.05) is 70.7 Å². The molecule has 0 aliphatic heterocycles. The molecule has 0 spiro atoms. The number of benzene rings is 1. The van der Waals surface area contributed by atoms with Gasteiger partial charge in [-0.05, 0) is 37.3 Å². The molecule has 1 nitrogen and oxygen atoms in total. The summed E-state index contributed by atoms with van der Waals surface area (Å²) in [5, 5.41) is 3.82. The predicted molar refractivity (Wildman–Crippen MR) is 90.2 cm³/mol. The van der Waals surface area contributed by atoms with Gasteiger partial charge in [0.05, 0.1) is 0 Å². The topological polar surface area (TPSA) is 12.0 Å². The van der Waals surface area contributed by atoms with Crippen molar-refractivity contribution in [1.29, 1.82) is 0 Å². The summed E-state index contributed by atoms with van der Waals surface area (Å²) < 4.78 is 0. The Labute approximate surface area is 126 Å². The van der Waals surface area contributed by atoms with Crippen LogP contribution in [0.25, 0.3) is 0 Å². The second-order valence-corrected chi connectivity index (χ2v) is 6.01. The molecule has 0 aliphatic rings. The standard InChI is InChI=1S/C19H33N/c1-5-8-11-19(10-7-3)20-16(4)18-14-12-17(9-6-2)13-15-18/h12-16,19-20H,5-11H2,1-4H3. The van der Waals surface area contributed by atoms with Crippen molar-refractivity contribution < 1.29 is 0 Å². The predicted octanol–water partition coefficient (Wildman–Crippen LogP) is 5.65. The smallest absolute Gasteiger partial charge is 0.0294 e. The maximum absolute atomic E-state index is 3.82. The van der Waals surface area contributed by atoms with Crippen molar-refractivity contribution in [2.45, 2.75) is 84.7 Å². The average Bonchev–Trinajstić information content (AvgIpc) is 2.46. The van der Waals surface area contributed by atoms with Crippen LogP contribution < -0.4 is 5.32 Å². The Morgan fingerprint density at radius 3 is 2.15 bits per heavy atom. The van der Waals surface area contributed by atoms with Crippen molar-refractivity contribution >= 4 is 0 Å². The van der Waals surface area contributed by atoms with E-state index in [1.807, 2.05) is 0 Å². The molecule has 1 rings (SSSR count). The Morgan fingerprint density at radius 2 is 1.60 bits per heavy atom. The summed E-state index contributed by atoms with van der Waals surface area (Å²) in [5.74, 6) is 0. The van der Waals surface area contributed by atoms with E-state index in [2.05, 4.69) is 57.3 Å². The van der Waals surface area contributed by atoms with Crippen molar-refractivity contribution in [1.82, 2.24) is 5.32 Å². The Bertz CT molecular complexity index is 341. The number of rotatable bonds is 10. The van der Waals surface area contributed by atoms with E-state index in [0.29, 0.717) is 12.1 Å². The minimum atomic E-state index is 0.457. The third-order valence-corrected chi connectivity index (χ3v) is 4.05. The summed E-state index contributed by atoms with van der Waals surface area (Å²) in [6.07, 6.45) is 8.91. The highest BCUT2D eigenvalue weighted by Crippen LogP contribution is 2.17. The zero-order valence-electron chi connectivity index (χ0n) is 13.9. The summed E-state index contributed by atoms with van der Waals surface area (Å²) >= 11 is 0. The Hall–Kier alpha value is -0.820. The zero-order chi connectivity index (χ0) is 14.8. The van der Waals surface area contributed by atoms with E-state index in [4.69, 9.17) is 0 Å². The van der Waals surface area contributed by atoms with Gasteiger partial charge in [0.15, 0.2) is 0 Å². The molecule has 2 unspecified atom stereocenters. The summed E-state index contributed by atoms with van der Waals surface area (Å²) in [4.78, 5) is 0. The van der Waals surface area contributed by atoms with E-state index in [1.165, 1.54) is 56.1 Å². The van der Waals surface area contributed by atoms with Gasteiger partial charge in [-0.25, -0.2) is 0 Å². The molecular formula is C19H33N. The van der Waals surface area contributed by atoms with Crippen LogP contribution in [0.3, 0.4) is 0 Å². The van der Waals surface area contributed by atoms with Crippen LogP contribution in [0.2, 0.25) is 0 Å². The molecule has 0 aliphatic carbocycles. The highest BCUT2D eigenvalue weighted by Gasteiger charge is 2.12. The molecule has 0 amide bonds. The second kappa shape index (κ2) is 9.99. The molecule has 1 aromatic carbocycles. The summed E-state index contributed by atoms with van der Waals surface area (Å²) in [7, 11) is 0. The fraction of sp³-hybridized carbons (Fsp3) is 0.684. The van der Waals surface area contributed by atoms with Gasteiger partial charge in [0.2, 0.25) is 0 Å². The van der Waals surface area contributed by atoms with Gasteiger partial charge in [0, 0.05) is 12.1 Å². The number of aryl methyl sites for hydroxylation is 1. The molecule has 0 aromatic heterocycles. The van der Waals surface area contributed by atoms with Gasteiger partial charge in [-0.2, -0.15) is 0 Å². The minimum absolute atomic E-state index is 0.457. The fourth-order valence-corrected chi connectivity index (χ4v) is 2.82. The van der Waals surface area contributed by atoms with Crippen LogP contribution in [0.4, 0.5) is 0 Å². The highest BCUT2D eigenvalue weighted by atomic mass is 14.9. The first kappa shape index (κ1) is 17.2. The first-order valence-corrected chi connectivity index (χ1v) is 8.56. The SMILES string of the molecule is CCCCC(CCC)NC(C)c1ccc(CCC)cc1. The maximum Gasteiger partial charge on any atom is 0.0294 e. The molecule has 0 saturated heterocycles. The second-order valence-electron chi connectivity index (χ2n) is 6.01. The van der Waals surface area contributed by atoms with E-state index in [9.17, 15) is 0 Å². The molecule has 2 atom stereocenters. The fourth-order valence-electron chi connectivity index (χ4n) is 2.82. The van der Waals surface area contributed by atoms with Crippen LogP contribution in [-0.4, -0.2) is 6.04 Å². The number of nitrogens with one attached hydrogen (secondary N) is 1. The van der Waals surface area contributed by atoms with E-state index >= 15 is 0 Å².